The van der Waals surface area contributed by atoms with Crippen molar-refractivity contribution in [2.75, 3.05) is 7.11 Å². The fraction of sp³-hybridized carbons (Fsp3) is 0.143. The highest BCUT2D eigenvalue weighted by atomic mass is 35.5. The Bertz CT molecular complexity index is 755. The van der Waals surface area contributed by atoms with Gasteiger partial charge in [0.25, 0.3) is 0 Å². The Kier molecular flexibility index (Phi) is 5.08. The third kappa shape index (κ3) is 3.71. The number of carbonyl (C=O) groups excluding carboxylic acids is 1. The minimum Gasteiger partial charge on any atom is -0.464 e. The average Bonchev–Trinajstić information content (AvgIpc) is 2.49. The third-order valence-electron chi connectivity index (χ3n) is 2.86. The largest absolute Gasteiger partial charge is 0.464 e. The van der Waals surface area contributed by atoms with Gasteiger partial charge in [-0.2, -0.15) is 13.2 Å². The Balaban J connectivity index is 2.69. The molecule has 1 aromatic carbocycles. The van der Waals surface area contributed by atoms with Gasteiger partial charge in [-0.15, -0.1) is 0 Å². The molecule has 0 aliphatic heterocycles. The smallest absolute Gasteiger partial charge is 0.433 e. The van der Waals surface area contributed by atoms with Gasteiger partial charge >= 0.3 is 12.1 Å². The maximum atomic E-state index is 12.8. The fourth-order valence-electron chi connectivity index (χ4n) is 1.81. The summed E-state index contributed by atoms with van der Waals surface area (Å²) < 4.78 is 42.8. The highest BCUT2D eigenvalue weighted by Crippen LogP contribution is 2.37. The summed E-state index contributed by atoms with van der Waals surface area (Å²) in [7, 11) is 1.04. The SMILES string of the molecule is COC(=O)c1nc(C(F)(F)F)ccc1-c1cc(Cl)c(Cl)c(Cl)c1. The molecule has 0 atom stereocenters. The van der Waals surface area contributed by atoms with Crippen LogP contribution in [0.3, 0.4) is 0 Å². The van der Waals surface area contributed by atoms with E-state index in [9.17, 15) is 18.0 Å². The predicted molar refractivity (Wildman–Crippen MR) is 81.0 cm³/mol. The zero-order valence-corrected chi connectivity index (χ0v) is 13.6. The number of hydrogen-bond acceptors (Lipinski definition) is 3. The number of nitrogens with zero attached hydrogens (tertiary/aromatic N) is 1. The van der Waals surface area contributed by atoms with Crippen LogP contribution in [0.15, 0.2) is 24.3 Å². The van der Waals surface area contributed by atoms with Gasteiger partial charge in [0, 0.05) is 5.56 Å². The Labute approximate surface area is 143 Å². The second kappa shape index (κ2) is 6.55. The molecular weight excluding hydrogens is 378 g/mol. The second-order valence-electron chi connectivity index (χ2n) is 4.34. The standard InChI is InChI=1S/C14H7Cl3F3NO2/c1-23-13(22)12-7(2-3-10(21-12)14(18,19)20)6-4-8(15)11(17)9(16)5-6/h2-5H,1H3. The topological polar surface area (TPSA) is 39.2 Å². The quantitative estimate of drug-likeness (QED) is 0.506. The molecule has 0 saturated carbocycles. The Morgan fingerprint density at radius 1 is 1.13 bits per heavy atom. The van der Waals surface area contributed by atoms with Crippen LogP contribution in [0, 0.1) is 0 Å². The molecule has 0 aliphatic carbocycles. The summed E-state index contributed by atoms with van der Waals surface area (Å²) in [6.07, 6.45) is -4.70. The number of alkyl halides is 3. The number of halogens is 6. The van der Waals surface area contributed by atoms with Crippen LogP contribution in [0.5, 0.6) is 0 Å². The van der Waals surface area contributed by atoms with E-state index < -0.39 is 23.5 Å². The van der Waals surface area contributed by atoms with Crippen molar-refractivity contribution >= 4 is 40.8 Å². The van der Waals surface area contributed by atoms with Gasteiger partial charge in [-0.05, 0) is 29.8 Å². The van der Waals surface area contributed by atoms with Crippen LogP contribution in [0.4, 0.5) is 13.2 Å². The number of ether oxygens (including phenoxy) is 1. The zero-order valence-electron chi connectivity index (χ0n) is 11.3. The molecule has 0 spiro atoms. The van der Waals surface area contributed by atoms with Crippen molar-refractivity contribution in [1.82, 2.24) is 4.98 Å². The summed E-state index contributed by atoms with van der Waals surface area (Å²) in [5.74, 6) is -1.02. The normalized spacial score (nSPS) is 11.4. The molecule has 2 rings (SSSR count). The van der Waals surface area contributed by atoms with E-state index in [2.05, 4.69) is 9.72 Å². The van der Waals surface area contributed by atoms with Crippen LogP contribution in [0.2, 0.25) is 15.1 Å². The summed E-state index contributed by atoms with van der Waals surface area (Å²) in [6.45, 7) is 0. The summed E-state index contributed by atoms with van der Waals surface area (Å²) in [4.78, 5) is 15.1. The van der Waals surface area contributed by atoms with Gasteiger partial charge in [0.1, 0.15) is 5.69 Å². The number of aromatic nitrogens is 1. The molecule has 9 heteroatoms. The van der Waals surface area contributed by atoms with Gasteiger partial charge in [-0.1, -0.05) is 34.8 Å². The van der Waals surface area contributed by atoms with Crippen molar-refractivity contribution in [2.45, 2.75) is 6.18 Å². The molecule has 0 radical (unpaired) electrons. The van der Waals surface area contributed by atoms with Crippen molar-refractivity contribution in [3.63, 3.8) is 0 Å². The van der Waals surface area contributed by atoms with Crippen LogP contribution < -0.4 is 0 Å². The first-order chi connectivity index (χ1) is 10.6. The summed E-state index contributed by atoms with van der Waals surface area (Å²) >= 11 is 17.6. The molecule has 3 nitrogen and oxygen atoms in total. The maximum absolute atomic E-state index is 12.8. The summed E-state index contributed by atoms with van der Waals surface area (Å²) in [6, 6.07) is 4.58. The molecule has 0 fully saturated rings. The zero-order chi connectivity index (χ0) is 17.4. The molecule has 0 unspecified atom stereocenters. The Hall–Kier alpha value is -1.50. The molecule has 2 aromatic rings. The van der Waals surface area contributed by atoms with E-state index in [1.165, 1.54) is 12.1 Å². The van der Waals surface area contributed by atoms with E-state index in [0.717, 1.165) is 19.2 Å². The van der Waals surface area contributed by atoms with Gasteiger partial charge in [-0.3, -0.25) is 0 Å². The van der Waals surface area contributed by atoms with E-state index in [1.54, 1.807) is 0 Å². The lowest BCUT2D eigenvalue weighted by Gasteiger charge is -2.12. The van der Waals surface area contributed by atoms with E-state index in [1.807, 2.05) is 0 Å². The van der Waals surface area contributed by atoms with Gasteiger partial charge in [0.05, 0.1) is 22.2 Å². The number of methoxy groups -OCH3 is 1. The first-order valence-corrected chi connectivity index (χ1v) is 7.10. The van der Waals surface area contributed by atoms with Crippen LogP contribution in [-0.4, -0.2) is 18.1 Å². The second-order valence-corrected chi connectivity index (χ2v) is 5.53. The lowest BCUT2D eigenvalue weighted by molar-refractivity contribution is -0.141. The number of esters is 1. The fourth-order valence-corrected chi connectivity index (χ4v) is 2.41. The Morgan fingerprint density at radius 3 is 2.17 bits per heavy atom. The molecule has 0 aliphatic rings. The van der Waals surface area contributed by atoms with Crippen LogP contribution in [-0.2, 0) is 10.9 Å². The highest BCUT2D eigenvalue weighted by Gasteiger charge is 2.34. The van der Waals surface area contributed by atoms with Crippen LogP contribution >= 0.6 is 34.8 Å². The van der Waals surface area contributed by atoms with E-state index in [-0.39, 0.29) is 26.2 Å². The monoisotopic (exact) mass is 383 g/mol. The molecule has 0 bridgehead atoms. The minimum absolute atomic E-state index is 0.0879. The number of hydrogen-bond donors (Lipinski definition) is 0. The number of benzene rings is 1. The van der Waals surface area contributed by atoms with Crippen molar-refractivity contribution in [3.8, 4) is 11.1 Å². The van der Waals surface area contributed by atoms with Crippen molar-refractivity contribution in [1.29, 1.82) is 0 Å². The molecule has 1 heterocycles. The number of carbonyl (C=O) groups is 1. The van der Waals surface area contributed by atoms with Gasteiger partial charge < -0.3 is 4.74 Å². The molecule has 0 saturated heterocycles. The summed E-state index contributed by atoms with van der Waals surface area (Å²) in [5, 5.41) is 0.270. The van der Waals surface area contributed by atoms with E-state index in [0.29, 0.717) is 0 Å². The molecular formula is C14H7Cl3F3NO2. The first kappa shape index (κ1) is 17.8. The van der Waals surface area contributed by atoms with Gasteiger partial charge in [-0.25, -0.2) is 9.78 Å². The first-order valence-electron chi connectivity index (χ1n) is 5.96. The van der Waals surface area contributed by atoms with E-state index >= 15 is 0 Å². The Morgan fingerprint density at radius 2 is 1.70 bits per heavy atom. The minimum atomic E-state index is -4.70. The van der Waals surface area contributed by atoms with Crippen molar-refractivity contribution in [2.24, 2.45) is 0 Å². The lowest BCUT2D eigenvalue weighted by atomic mass is 10.0. The van der Waals surface area contributed by atoms with Crippen molar-refractivity contribution in [3.05, 3.63) is 50.7 Å². The van der Waals surface area contributed by atoms with E-state index in [4.69, 9.17) is 34.8 Å². The predicted octanol–water partition coefficient (Wildman–Crippen LogP) is 5.51. The van der Waals surface area contributed by atoms with Gasteiger partial charge in [0.2, 0.25) is 0 Å². The van der Waals surface area contributed by atoms with Crippen molar-refractivity contribution < 1.29 is 22.7 Å². The molecule has 0 amide bonds. The summed E-state index contributed by atoms with van der Waals surface area (Å²) in [5.41, 5.74) is -1.35. The van der Waals surface area contributed by atoms with Gasteiger partial charge in [0.15, 0.2) is 5.69 Å². The number of rotatable bonds is 2. The molecule has 1 aromatic heterocycles. The van der Waals surface area contributed by atoms with Crippen LogP contribution in [0.25, 0.3) is 11.1 Å². The molecule has 0 N–H and O–H groups in total. The number of pyridine rings is 1. The molecule has 122 valence electrons. The lowest BCUT2D eigenvalue weighted by Crippen LogP contribution is -2.14. The maximum Gasteiger partial charge on any atom is 0.433 e. The highest BCUT2D eigenvalue weighted by molar-refractivity contribution is 6.48. The van der Waals surface area contributed by atoms with Crippen LogP contribution in [0.1, 0.15) is 16.2 Å². The third-order valence-corrected chi connectivity index (χ3v) is 4.06. The molecule has 23 heavy (non-hydrogen) atoms. The average molecular weight is 385 g/mol.